The van der Waals surface area contributed by atoms with E-state index in [0.29, 0.717) is 28.6 Å². The van der Waals surface area contributed by atoms with Crippen molar-refractivity contribution >= 4 is 10.8 Å². The Hall–Kier alpha value is -3.61. The van der Waals surface area contributed by atoms with Gasteiger partial charge in [-0.25, -0.2) is 0 Å². The summed E-state index contributed by atoms with van der Waals surface area (Å²) >= 11 is 0. The van der Waals surface area contributed by atoms with Crippen molar-refractivity contribution in [3.05, 3.63) is 48.7 Å². The zero-order valence-electron chi connectivity index (χ0n) is 15.2. The Balaban J connectivity index is 1.86. The van der Waals surface area contributed by atoms with E-state index in [0.717, 1.165) is 22.0 Å². The molecule has 0 aliphatic heterocycles. The Morgan fingerprint density at radius 2 is 1.44 bits per heavy atom. The molecule has 0 atom stereocenters. The maximum atomic E-state index is 5.44. The molecule has 4 aromatic rings. The molecule has 0 spiro atoms. The van der Waals surface area contributed by atoms with E-state index >= 15 is 0 Å². The molecule has 0 saturated carbocycles. The maximum Gasteiger partial charge on any atom is 0.203 e. The number of aromatic nitrogens is 4. The number of benzene rings is 2. The molecule has 27 heavy (non-hydrogen) atoms. The van der Waals surface area contributed by atoms with Crippen LogP contribution < -0.4 is 14.2 Å². The highest BCUT2D eigenvalue weighted by molar-refractivity contribution is 5.87. The summed E-state index contributed by atoms with van der Waals surface area (Å²) in [5.41, 5.74) is 2.81. The minimum atomic E-state index is 0.526. The number of hydrogen-bond donors (Lipinski definition) is 1. The van der Waals surface area contributed by atoms with Crippen molar-refractivity contribution in [2.45, 2.75) is 0 Å². The van der Waals surface area contributed by atoms with Crippen molar-refractivity contribution in [3.8, 4) is 39.9 Å². The Morgan fingerprint density at radius 3 is 2.11 bits per heavy atom. The smallest absolute Gasteiger partial charge is 0.203 e. The molecule has 2 aromatic heterocycles. The van der Waals surface area contributed by atoms with Gasteiger partial charge in [0.2, 0.25) is 5.75 Å². The number of methoxy groups -OCH3 is 3. The van der Waals surface area contributed by atoms with Crippen LogP contribution in [0.5, 0.6) is 17.2 Å². The van der Waals surface area contributed by atoms with Gasteiger partial charge in [-0.2, -0.15) is 15.4 Å². The Labute approximate surface area is 155 Å². The monoisotopic (exact) mass is 362 g/mol. The SMILES string of the molecule is COc1cc(-c2n[nH]nc2-c2cc3ccccc3cn2)cc(OC)c1OC. The molecule has 0 aliphatic carbocycles. The molecular formula is C20H18N4O3. The van der Waals surface area contributed by atoms with E-state index in [9.17, 15) is 0 Å². The van der Waals surface area contributed by atoms with Gasteiger partial charge in [-0.1, -0.05) is 24.3 Å². The van der Waals surface area contributed by atoms with Crippen LogP contribution >= 0.6 is 0 Å². The van der Waals surface area contributed by atoms with Crippen molar-refractivity contribution in [3.63, 3.8) is 0 Å². The number of nitrogens with one attached hydrogen (secondary N) is 1. The standard InChI is InChI=1S/C20H18N4O3/c1-25-16-9-14(10-17(26-2)20(16)27-3)18-19(23-24-22-18)15-8-12-6-4-5-7-13(12)11-21-15/h4-11H,1-3H3,(H,22,23,24). The van der Waals surface area contributed by atoms with Crippen molar-refractivity contribution in [1.82, 2.24) is 20.4 Å². The molecule has 0 unspecified atom stereocenters. The molecule has 0 radical (unpaired) electrons. The average molecular weight is 362 g/mol. The first kappa shape index (κ1) is 16.8. The van der Waals surface area contributed by atoms with Gasteiger partial charge in [0.05, 0.1) is 27.0 Å². The van der Waals surface area contributed by atoms with Gasteiger partial charge in [0.1, 0.15) is 11.4 Å². The maximum absolute atomic E-state index is 5.44. The second kappa shape index (κ2) is 6.95. The Bertz CT molecular complexity index is 1080. The van der Waals surface area contributed by atoms with E-state index in [4.69, 9.17) is 14.2 Å². The lowest BCUT2D eigenvalue weighted by atomic mass is 10.1. The molecule has 4 rings (SSSR count). The van der Waals surface area contributed by atoms with Crippen LogP contribution in [0.4, 0.5) is 0 Å². The number of aromatic amines is 1. The van der Waals surface area contributed by atoms with E-state index in [2.05, 4.69) is 20.4 Å². The van der Waals surface area contributed by atoms with Gasteiger partial charge in [0.25, 0.3) is 0 Å². The minimum Gasteiger partial charge on any atom is -0.493 e. The molecular weight excluding hydrogens is 344 g/mol. The molecule has 2 aromatic carbocycles. The normalized spacial score (nSPS) is 10.8. The van der Waals surface area contributed by atoms with Gasteiger partial charge >= 0.3 is 0 Å². The zero-order valence-corrected chi connectivity index (χ0v) is 15.2. The summed E-state index contributed by atoms with van der Waals surface area (Å²) in [4.78, 5) is 4.54. The first-order chi connectivity index (χ1) is 13.2. The highest BCUT2D eigenvalue weighted by atomic mass is 16.5. The van der Waals surface area contributed by atoms with Crippen LogP contribution in [0.1, 0.15) is 0 Å². The zero-order chi connectivity index (χ0) is 18.8. The third-order valence-electron chi connectivity index (χ3n) is 4.36. The summed E-state index contributed by atoms with van der Waals surface area (Å²) in [7, 11) is 4.73. The molecule has 0 saturated heterocycles. The highest BCUT2D eigenvalue weighted by Crippen LogP contribution is 2.42. The van der Waals surface area contributed by atoms with Crippen LogP contribution in [0.3, 0.4) is 0 Å². The fourth-order valence-corrected chi connectivity index (χ4v) is 3.04. The molecule has 136 valence electrons. The van der Waals surface area contributed by atoms with Crippen LogP contribution in [0, 0.1) is 0 Å². The van der Waals surface area contributed by atoms with Crippen LogP contribution in [0.2, 0.25) is 0 Å². The van der Waals surface area contributed by atoms with Gasteiger partial charge < -0.3 is 14.2 Å². The number of fused-ring (bicyclic) bond motifs is 1. The second-order valence-corrected chi connectivity index (χ2v) is 5.85. The number of nitrogens with zero attached hydrogens (tertiary/aromatic N) is 3. The lowest BCUT2D eigenvalue weighted by molar-refractivity contribution is 0.324. The number of hydrogen-bond acceptors (Lipinski definition) is 6. The summed E-state index contributed by atoms with van der Waals surface area (Å²) < 4.78 is 16.3. The molecule has 7 heteroatoms. The summed E-state index contributed by atoms with van der Waals surface area (Å²) in [5, 5.41) is 13.5. The van der Waals surface area contributed by atoms with Gasteiger partial charge in [0.15, 0.2) is 11.5 Å². The third kappa shape index (κ3) is 2.93. The minimum absolute atomic E-state index is 0.526. The van der Waals surface area contributed by atoms with E-state index in [1.54, 1.807) is 21.3 Å². The first-order valence-corrected chi connectivity index (χ1v) is 8.31. The highest BCUT2D eigenvalue weighted by Gasteiger charge is 2.19. The van der Waals surface area contributed by atoms with Crippen molar-refractivity contribution in [2.75, 3.05) is 21.3 Å². The third-order valence-corrected chi connectivity index (χ3v) is 4.36. The molecule has 0 amide bonds. The molecule has 1 N–H and O–H groups in total. The number of H-pyrrole nitrogens is 1. The number of rotatable bonds is 5. The van der Waals surface area contributed by atoms with Crippen LogP contribution in [0.25, 0.3) is 33.4 Å². The molecule has 7 nitrogen and oxygen atoms in total. The summed E-state index contributed by atoms with van der Waals surface area (Å²) in [6.45, 7) is 0. The summed E-state index contributed by atoms with van der Waals surface area (Å²) in [5.74, 6) is 1.62. The fraction of sp³-hybridized carbons (Fsp3) is 0.150. The molecule has 0 bridgehead atoms. The lowest BCUT2D eigenvalue weighted by Crippen LogP contribution is -1.96. The second-order valence-electron chi connectivity index (χ2n) is 5.85. The quantitative estimate of drug-likeness (QED) is 0.583. The molecule has 0 fully saturated rings. The van der Waals surface area contributed by atoms with Gasteiger partial charge in [-0.3, -0.25) is 4.98 Å². The van der Waals surface area contributed by atoms with Crippen LogP contribution in [-0.4, -0.2) is 41.7 Å². The van der Waals surface area contributed by atoms with E-state index < -0.39 is 0 Å². The van der Waals surface area contributed by atoms with E-state index in [1.165, 1.54) is 0 Å². The average Bonchev–Trinajstić information content (AvgIpc) is 3.22. The van der Waals surface area contributed by atoms with Crippen molar-refractivity contribution in [2.24, 2.45) is 0 Å². The predicted octanol–water partition coefficient (Wildman–Crippen LogP) is 3.71. The van der Waals surface area contributed by atoms with Crippen LogP contribution in [0.15, 0.2) is 48.7 Å². The Morgan fingerprint density at radius 1 is 0.778 bits per heavy atom. The fourth-order valence-electron chi connectivity index (χ4n) is 3.04. The summed E-state index contributed by atoms with van der Waals surface area (Å²) in [6, 6.07) is 13.7. The topological polar surface area (TPSA) is 82.2 Å². The predicted molar refractivity (Wildman–Crippen MR) is 102 cm³/mol. The van der Waals surface area contributed by atoms with Crippen LogP contribution in [-0.2, 0) is 0 Å². The van der Waals surface area contributed by atoms with Gasteiger partial charge in [-0.15, -0.1) is 0 Å². The Kier molecular flexibility index (Phi) is 4.33. The first-order valence-electron chi connectivity index (χ1n) is 8.31. The van der Waals surface area contributed by atoms with Crippen molar-refractivity contribution < 1.29 is 14.2 Å². The lowest BCUT2D eigenvalue weighted by Gasteiger charge is -2.13. The van der Waals surface area contributed by atoms with E-state index in [1.807, 2.05) is 48.7 Å². The molecule has 2 heterocycles. The number of ether oxygens (including phenoxy) is 3. The van der Waals surface area contributed by atoms with E-state index in [-0.39, 0.29) is 0 Å². The van der Waals surface area contributed by atoms with Crippen molar-refractivity contribution in [1.29, 1.82) is 0 Å². The summed E-state index contributed by atoms with van der Waals surface area (Å²) in [6.07, 6.45) is 1.83. The largest absolute Gasteiger partial charge is 0.493 e. The number of pyridine rings is 1. The van der Waals surface area contributed by atoms with Gasteiger partial charge in [0, 0.05) is 17.1 Å². The van der Waals surface area contributed by atoms with Gasteiger partial charge in [-0.05, 0) is 23.6 Å². The molecule has 0 aliphatic rings.